The summed E-state index contributed by atoms with van der Waals surface area (Å²) in [6.07, 6.45) is 1.89. The predicted molar refractivity (Wildman–Crippen MR) is 124 cm³/mol. The molecule has 1 fully saturated rings. The minimum Gasteiger partial charge on any atom is -0.336 e. The van der Waals surface area contributed by atoms with Crippen LogP contribution in [-0.2, 0) is 0 Å². The van der Waals surface area contributed by atoms with Gasteiger partial charge in [0.05, 0.1) is 10.6 Å². The lowest BCUT2D eigenvalue weighted by Gasteiger charge is -2.35. The molecule has 10 heteroatoms. The van der Waals surface area contributed by atoms with Gasteiger partial charge < -0.3 is 15.1 Å². The van der Waals surface area contributed by atoms with Crippen molar-refractivity contribution >= 4 is 40.6 Å². The highest BCUT2D eigenvalue weighted by Crippen LogP contribution is 2.24. The monoisotopic (exact) mass is 450 g/mol. The number of hydrogen-bond acceptors (Lipinski definition) is 6. The summed E-state index contributed by atoms with van der Waals surface area (Å²) in [4.78, 5) is 21.7. The molecular formula is C22H23ClN8O. The fourth-order valence-corrected chi connectivity index (χ4v) is 4.23. The number of hydrogen-bond donors (Lipinski definition) is 2. The zero-order chi connectivity index (χ0) is 22.2. The number of carbonyl (C=O) groups is 1. The van der Waals surface area contributed by atoms with E-state index < -0.39 is 0 Å². The molecule has 0 atom stereocenters. The number of carbonyl (C=O) groups excluding carboxylic acids is 1. The van der Waals surface area contributed by atoms with E-state index in [9.17, 15) is 4.79 Å². The van der Waals surface area contributed by atoms with Crippen molar-refractivity contribution in [2.24, 2.45) is 0 Å². The summed E-state index contributed by atoms with van der Waals surface area (Å²) in [7, 11) is 0. The van der Waals surface area contributed by atoms with Crippen molar-refractivity contribution in [2.75, 3.05) is 36.4 Å². The molecule has 9 nitrogen and oxygen atoms in total. The topological polar surface area (TPSA) is 94.5 Å². The van der Waals surface area contributed by atoms with Crippen LogP contribution in [0.3, 0.4) is 0 Å². The summed E-state index contributed by atoms with van der Waals surface area (Å²) in [6, 6.07) is 11.3. The second kappa shape index (κ2) is 8.16. The number of anilines is 3. The standard InChI is InChI=1S/C22H23ClN8O/c1-14-5-3-6-16(23)19(14)21(32)29-9-11-30(12-10-29)22-25-20(17-7-4-8-31(17)28-22)24-18-13-15(2)26-27-18/h3-8,13H,9-12H2,1-2H3,(H2,24,25,26,27,28). The van der Waals surface area contributed by atoms with Crippen molar-refractivity contribution < 1.29 is 4.79 Å². The minimum atomic E-state index is -0.0363. The maximum atomic E-state index is 13.1. The number of amides is 1. The van der Waals surface area contributed by atoms with Gasteiger partial charge in [0.25, 0.3) is 5.91 Å². The molecule has 1 amide bonds. The van der Waals surface area contributed by atoms with Gasteiger partial charge in [-0.15, -0.1) is 5.10 Å². The molecule has 4 heterocycles. The molecule has 1 aliphatic heterocycles. The van der Waals surface area contributed by atoms with E-state index in [0.29, 0.717) is 54.3 Å². The summed E-state index contributed by atoms with van der Waals surface area (Å²) in [5, 5.41) is 15.6. The van der Waals surface area contributed by atoms with E-state index in [-0.39, 0.29) is 5.91 Å². The molecule has 0 bridgehead atoms. The highest BCUT2D eigenvalue weighted by molar-refractivity contribution is 6.34. The van der Waals surface area contributed by atoms with Crippen LogP contribution in [-0.4, -0.2) is 61.8 Å². The molecule has 0 spiro atoms. The van der Waals surface area contributed by atoms with Crippen LogP contribution in [0.4, 0.5) is 17.6 Å². The van der Waals surface area contributed by atoms with E-state index >= 15 is 0 Å². The quantitative estimate of drug-likeness (QED) is 0.494. The van der Waals surface area contributed by atoms with Crippen LogP contribution in [0.5, 0.6) is 0 Å². The fourth-order valence-electron chi connectivity index (χ4n) is 3.92. The number of aromatic nitrogens is 5. The van der Waals surface area contributed by atoms with Crippen molar-refractivity contribution in [2.45, 2.75) is 13.8 Å². The zero-order valence-corrected chi connectivity index (χ0v) is 18.6. The van der Waals surface area contributed by atoms with E-state index in [4.69, 9.17) is 16.6 Å². The molecule has 0 unspecified atom stereocenters. The number of halogens is 1. The first-order valence-electron chi connectivity index (χ1n) is 10.4. The van der Waals surface area contributed by atoms with Gasteiger partial charge in [-0.2, -0.15) is 10.1 Å². The number of benzene rings is 1. The van der Waals surface area contributed by atoms with E-state index in [0.717, 1.165) is 16.8 Å². The van der Waals surface area contributed by atoms with Crippen molar-refractivity contribution in [3.63, 3.8) is 0 Å². The average Bonchev–Trinajstić information content (AvgIpc) is 3.42. The highest BCUT2D eigenvalue weighted by Gasteiger charge is 2.26. The Kier molecular flexibility index (Phi) is 5.18. The van der Waals surface area contributed by atoms with Gasteiger partial charge in [0.15, 0.2) is 11.6 Å². The maximum Gasteiger partial charge on any atom is 0.255 e. The Morgan fingerprint density at radius 3 is 2.66 bits per heavy atom. The molecule has 3 aromatic heterocycles. The van der Waals surface area contributed by atoms with E-state index in [1.54, 1.807) is 10.6 Å². The van der Waals surface area contributed by atoms with Crippen molar-refractivity contribution in [1.29, 1.82) is 0 Å². The van der Waals surface area contributed by atoms with Crippen LogP contribution in [0.25, 0.3) is 5.52 Å². The van der Waals surface area contributed by atoms with Gasteiger partial charge in [0, 0.05) is 44.1 Å². The molecule has 1 aliphatic rings. The van der Waals surface area contributed by atoms with E-state index in [1.807, 2.05) is 55.3 Å². The van der Waals surface area contributed by atoms with Crippen molar-refractivity contribution in [3.05, 3.63) is 64.4 Å². The zero-order valence-electron chi connectivity index (χ0n) is 17.8. The molecule has 2 N–H and O–H groups in total. The number of fused-ring (bicyclic) bond motifs is 1. The summed E-state index contributed by atoms with van der Waals surface area (Å²) >= 11 is 6.30. The number of piperazine rings is 1. The molecule has 5 rings (SSSR count). The second-order valence-electron chi connectivity index (χ2n) is 7.87. The SMILES string of the molecule is Cc1cc(Nc2nc(N3CCN(C(=O)c4c(C)cccc4Cl)CC3)nn3cccc23)n[nH]1. The number of nitrogens with zero attached hydrogens (tertiary/aromatic N) is 6. The van der Waals surface area contributed by atoms with Crippen LogP contribution in [0.15, 0.2) is 42.6 Å². The third-order valence-electron chi connectivity index (χ3n) is 5.62. The number of H-pyrrole nitrogens is 1. The second-order valence-corrected chi connectivity index (χ2v) is 8.28. The lowest BCUT2D eigenvalue weighted by atomic mass is 10.1. The highest BCUT2D eigenvalue weighted by atomic mass is 35.5. The first-order valence-corrected chi connectivity index (χ1v) is 10.8. The molecule has 0 aliphatic carbocycles. The summed E-state index contributed by atoms with van der Waals surface area (Å²) in [5.41, 5.74) is 3.28. The lowest BCUT2D eigenvalue weighted by Crippen LogP contribution is -2.49. The van der Waals surface area contributed by atoms with Crippen LogP contribution < -0.4 is 10.2 Å². The Hall–Kier alpha value is -3.59. The predicted octanol–water partition coefficient (Wildman–Crippen LogP) is 3.43. The molecular weight excluding hydrogens is 428 g/mol. The molecule has 4 aromatic rings. The molecule has 1 aromatic carbocycles. The number of nitrogens with one attached hydrogen (secondary N) is 2. The maximum absolute atomic E-state index is 13.1. The normalized spacial score (nSPS) is 14.2. The van der Waals surface area contributed by atoms with E-state index in [2.05, 4.69) is 25.5 Å². The third-order valence-corrected chi connectivity index (χ3v) is 5.93. The molecule has 0 saturated carbocycles. The van der Waals surface area contributed by atoms with E-state index in [1.165, 1.54) is 0 Å². The van der Waals surface area contributed by atoms with Gasteiger partial charge in [-0.3, -0.25) is 9.89 Å². The Labute approximate surface area is 190 Å². The summed E-state index contributed by atoms with van der Waals surface area (Å²) in [5.74, 6) is 1.94. The number of aromatic amines is 1. The van der Waals surface area contributed by atoms with Gasteiger partial charge >= 0.3 is 0 Å². The molecule has 0 radical (unpaired) electrons. The van der Waals surface area contributed by atoms with Gasteiger partial charge in [-0.1, -0.05) is 23.7 Å². The first kappa shape index (κ1) is 20.3. The Balaban J connectivity index is 1.35. The number of rotatable bonds is 4. The van der Waals surface area contributed by atoms with Crippen molar-refractivity contribution in [1.82, 2.24) is 29.7 Å². The summed E-state index contributed by atoms with van der Waals surface area (Å²) in [6.45, 7) is 6.24. The number of aryl methyl sites for hydroxylation is 2. The Morgan fingerprint density at radius 2 is 1.94 bits per heavy atom. The third kappa shape index (κ3) is 3.75. The largest absolute Gasteiger partial charge is 0.336 e. The molecule has 1 saturated heterocycles. The fraction of sp³-hybridized carbons (Fsp3) is 0.273. The van der Waals surface area contributed by atoms with Gasteiger partial charge in [-0.25, -0.2) is 4.52 Å². The van der Waals surface area contributed by atoms with Gasteiger partial charge in [0.2, 0.25) is 5.95 Å². The van der Waals surface area contributed by atoms with Crippen LogP contribution >= 0.6 is 11.6 Å². The minimum absolute atomic E-state index is 0.0363. The first-order chi connectivity index (χ1) is 15.5. The smallest absolute Gasteiger partial charge is 0.255 e. The van der Waals surface area contributed by atoms with Crippen LogP contribution in [0.2, 0.25) is 5.02 Å². The van der Waals surface area contributed by atoms with Crippen LogP contribution in [0, 0.1) is 13.8 Å². The summed E-state index contributed by atoms with van der Waals surface area (Å²) < 4.78 is 1.80. The molecule has 32 heavy (non-hydrogen) atoms. The average molecular weight is 451 g/mol. The van der Waals surface area contributed by atoms with Crippen LogP contribution in [0.1, 0.15) is 21.6 Å². The molecule has 164 valence electrons. The Morgan fingerprint density at radius 1 is 1.12 bits per heavy atom. The Bertz CT molecular complexity index is 1270. The van der Waals surface area contributed by atoms with Gasteiger partial charge in [0.1, 0.15) is 5.52 Å². The van der Waals surface area contributed by atoms with Crippen molar-refractivity contribution in [3.8, 4) is 0 Å². The van der Waals surface area contributed by atoms with Gasteiger partial charge in [-0.05, 0) is 37.6 Å². The lowest BCUT2D eigenvalue weighted by molar-refractivity contribution is 0.0745.